The van der Waals surface area contributed by atoms with Crippen LogP contribution in [0.3, 0.4) is 0 Å². The molecule has 0 spiro atoms. The van der Waals surface area contributed by atoms with E-state index in [2.05, 4.69) is 172 Å². The molecule has 1 aliphatic rings. The molecule has 0 fully saturated rings. The number of hydrogen-bond donors (Lipinski definition) is 0. The summed E-state index contributed by atoms with van der Waals surface area (Å²) in [5, 5.41) is 2.11. The Hall–Kier alpha value is -6.63. The van der Waals surface area contributed by atoms with Gasteiger partial charge in [0.05, 0.1) is 5.56 Å². The zero-order valence-electron chi connectivity index (χ0n) is 45.1. The van der Waals surface area contributed by atoms with Crippen molar-refractivity contribution in [1.82, 2.24) is 9.55 Å². The maximum atomic E-state index is 16.5. The van der Waals surface area contributed by atoms with E-state index in [-0.39, 0.29) is 49.3 Å². The van der Waals surface area contributed by atoms with Gasteiger partial charge < -0.3 is 19.1 Å². The fraction of sp³-hybridized carbons (Fsp3) is 0.273. The minimum atomic E-state index is -0.984. The monoisotopic (exact) mass is 1180 g/mol. The fourth-order valence-corrected chi connectivity index (χ4v) is 9.96. The minimum Gasteiger partial charge on any atom is -0.509 e. The van der Waals surface area contributed by atoms with Gasteiger partial charge in [0.1, 0.15) is 23.3 Å². The van der Waals surface area contributed by atoms with Gasteiger partial charge in [-0.3, -0.25) is 0 Å². The number of pyridine rings is 1. The molecule has 9 aromatic rings. The molecule has 9 heteroatoms. The Balaban J connectivity index is 0.00000689. The van der Waals surface area contributed by atoms with Crippen molar-refractivity contribution in [2.45, 2.75) is 118 Å². The number of fused-ring (bicyclic) bond motifs is 4. The van der Waals surface area contributed by atoms with Crippen molar-refractivity contribution >= 4 is 44.6 Å². The predicted octanol–water partition coefficient (Wildman–Crippen LogP) is 18.9. The van der Waals surface area contributed by atoms with E-state index < -0.39 is 22.9 Å². The van der Waals surface area contributed by atoms with Crippen molar-refractivity contribution in [1.29, 1.82) is 0 Å². The first-order chi connectivity index (χ1) is 34.9. The van der Waals surface area contributed by atoms with E-state index in [0.29, 0.717) is 28.4 Å². The van der Waals surface area contributed by atoms with Crippen LogP contribution in [0.1, 0.15) is 130 Å². The first-order valence-electron chi connectivity index (χ1n) is 25.6. The van der Waals surface area contributed by atoms with Crippen molar-refractivity contribution < 1.29 is 39.0 Å². The molecule has 0 saturated heterocycles. The van der Waals surface area contributed by atoms with E-state index in [1.165, 1.54) is 5.56 Å². The summed E-state index contributed by atoms with van der Waals surface area (Å²) in [6.07, 6.45) is 1.87. The van der Waals surface area contributed by atoms with Crippen molar-refractivity contribution in [3.05, 3.63) is 198 Å². The molecule has 1 aliphatic heterocycles. The first kappa shape index (κ1) is 53.2. The summed E-state index contributed by atoms with van der Waals surface area (Å²) in [6, 6.07) is 48.2. The van der Waals surface area contributed by atoms with Gasteiger partial charge in [-0.1, -0.05) is 144 Å². The molecule has 0 N–H and O–H groups in total. The number of benzene rings is 7. The zero-order valence-corrected chi connectivity index (χ0v) is 47.4. The fourth-order valence-electron chi connectivity index (χ4n) is 9.96. The van der Waals surface area contributed by atoms with Gasteiger partial charge in [-0.05, 0) is 104 Å². The predicted molar refractivity (Wildman–Crippen MR) is 299 cm³/mol. The summed E-state index contributed by atoms with van der Waals surface area (Å²) < 4.78 is 56.9. The topological polar surface area (TPSA) is 33.5 Å². The second kappa shape index (κ2) is 19.8. The van der Waals surface area contributed by atoms with E-state index in [9.17, 15) is 4.39 Å². The SMILES string of the molecule is CC(C)c1cc(-c2cc(C(C)(C)C)cc(-c3c(F)cc(F)cc3F)c2N2[CH-]N(c3[c-]c(Oc4[c-]c5c(cc4)c4ccccc4n5-c4cc(C(C)(C)C)ccn4)cc(C(C)(C)C)c3)c3ccccc32)cc(C(C)C)c1.[Pt]. The van der Waals surface area contributed by atoms with Gasteiger partial charge >= 0.3 is 0 Å². The standard InChI is InChI=1S/C66H64F3N4O.Pt/c1-39(2)41-26-42(40(3)4)28-43(27-41)53-31-46(66(11,12)13)32-54(62-55(68)34-47(67)35-56(62)69)63(53)72-38-71(58-20-16-17-21-59(58)72)48-29-45(65(8,9)10)30-50(36-48)74-49-22-23-52-51-18-14-15-19-57(51)73(60(52)37-49)61-33-44(24-25-70-61)64(5,6)7;/h14-35,38-40H,1-13H3;/q-3;. The van der Waals surface area contributed by atoms with Crippen LogP contribution in [0.15, 0.2) is 134 Å². The average Bonchev–Trinajstić information content (AvgIpc) is 3.88. The smallest absolute Gasteiger partial charge is 0.136 e. The third-order valence-corrected chi connectivity index (χ3v) is 14.3. The average molecular weight is 1180 g/mol. The molecule has 0 radical (unpaired) electrons. The summed E-state index contributed by atoms with van der Waals surface area (Å²) in [7, 11) is 0. The molecular weight excluding hydrogens is 1120 g/mol. The van der Waals surface area contributed by atoms with Gasteiger partial charge in [0.25, 0.3) is 0 Å². The molecule has 0 unspecified atom stereocenters. The van der Waals surface area contributed by atoms with Crippen LogP contribution >= 0.6 is 0 Å². The van der Waals surface area contributed by atoms with Crippen LogP contribution in [0.25, 0.3) is 49.9 Å². The molecule has 0 aliphatic carbocycles. The molecule has 0 bridgehead atoms. The van der Waals surface area contributed by atoms with Crippen LogP contribution < -0.4 is 14.5 Å². The number of halogens is 3. The molecular formula is C66H64F3N4OPt-3. The molecule has 10 rings (SSSR count). The van der Waals surface area contributed by atoms with E-state index in [4.69, 9.17) is 9.72 Å². The second-order valence-corrected chi connectivity index (χ2v) is 23.5. The third-order valence-electron chi connectivity index (χ3n) is 14.3. The Kier molecular flexibility index (Phi) is 14.1. The van der Waals surface area contributed by atoms with Gasteiger partial charge in [0.15, 0.2) is 0 Å². The number of rotatable bonds is 9. The van der Waals surface area contributed by atoms with Gasteiger partial charge in [-0.25, -0.2) is 18.2 Å². The summed E-state index contributed by atoms with van der Waals surface area (Å²) >= 11 is 0. The molecule has 0 amide bonds. The van der Waals surface area contributed by atoms with Crippen LogP contribution in [-0.2, 0) is 37.3 Å². The normalized spacial score (nSPS) is 13.1. The van der Waals surface area contributed by atoms with Crippen molar-refractivity contribution in [3.8, 4) is 39.6 Å². The number of anilines is 4. The molecule has 2 aromatic heterocycles. The Morgan fingerprint density at radius 3 is 1.77 bits per heavy atom. The molecule has 388 valence electrons. The van der Waals surface area contributed by atoms with E-state index in [1.54, 1.807) is 0 Å². The van der Waals surface area contributed by atoms with Crippen LogP contribution in [0, 0.1) is 36.3 Å². The Labute approximate surface area is 455 Å². The first-order valence-corrected chi connectivity index (χ1v) is 25.6. The largest absolute Gasteiger partial charge is 0.509 e. The molecule has 75 heavy (non-hydrogen) atoms. The van der Waals surface area contributed by atoms with Gasteiger partial charge in [-0.15, -0.1) is 53.6 Å². The minimum absolute atomic E-state index is 0. The summed E-state index contributed by atoms with van der Waals surface area (Å²) in [5.41, 5.74) is 10.9. The van der Waals surface area contributed by atoms with Gasteiger partial charge in [0.2, 0.25) is 0 Å². The molecule has 0 saturated carbocycles. The number of aromatic nitrogens is 2. The van der Waals surface area contributed by atoms with Crippen LogP contribution in [0.2, 0.25) is 0 Å². The van der Waals surface area contributed by atoms with Gasteiger partial charge in [-0.2, -0.15) is 6.07 Å². The quantitative estimate of drug-likeness (QED) is 0.135. The molecule has 3 heterocycles. The molecule has 0 atom stereocenters. The van der Waals surface area contributed by atoms with Crippen LogP contribution in [-0.4, -0.2) is 9.55 Å². The number of ether oxygens (including phenoxy) is 1. The second-order valence-electron chi connectivity index (χ2n) is 23.5. The summed E-state index contributed by atoms with van der Waals surface area (Å²) in [6.45, 7) is 30.0. The number of hydrogen-bond acceptors (Lipinski definition) is 4. The van der Waals surface area contributed by atoms with Crippen LogP contribution in [0.4, 0.5) is 35.9 Å². The maximum Gasteiger partial charge on any atom is 0.136 e. The van der Waals surface area contributed by atoms with Crippen molar-refractivity contribution in [2.75, 3.05) is 9.80 Å². The number of para-hydroxylation sites is 3. The van der Waals surface area contributed by atoms with Crippen molar-refractivity contribution in [2.24, 2.45) is 0 Å². The summed E-state index contributed by atoms with van der Waals surface area (Å²) in [5.74, 6) is -0.748. The van der Waals surface area contributed by atoms with Crippen LogP contribution in [0.5, 0.6) is 11.5 Å². The van der Waals surface area contributed by atoms with E-state index in [0.717, 1.165) is 84.5 Å². The molecule has 5 nitrogen and oxygen atoms in total. The Bertz CT molecular complexity index is 3600. The summed E-state index contributed by atoms with van der Waals surface area (Å²) in [4.78, 5) is 8.95. The van der Waals surface area contributed by atoms with Crippen molar-refractivity contribution in [3.63, 3.8) is 0 Å². The number of nitrogens with zero attached hydrogens (tertiary/aromatic N) is 4. The zero-order chi connectivity index (χ0) is 52.8. The molecule has 7 aromatic carbocycles. The van der Waals surface area contributed by atoms with E-state index >= 15 is 8.78 Å². The third kappa shape index (κ3) is 10.2. The van der Waals surface area contributed by atoms with E-state index in [1.807, 2.05) is 72.4 Å². The Morgan fingerprint density at radius 1 is 0.560 bits per heavy atom. The Morgan fingerprint density at radius 2 is 1.15 bits per heavy atom. The maximum absolute atomic E-state index is 16.5. The van der Waals surface area contributed by atoms with Gasteiger partial charge in [0, 0.05) is 84.6 Å².